The third kappa shape index (κ3) is 3.81. The van der Waals surface area contributed by atoms with Gasteiger partial charge in [-0.3, -0.25) is 0 Å². The van der Waals surface area contributed by atoms with Gasteiger partial charge in [-0.1, -0.05) is 6.07 Å². The van der Waals surface area contributed by atoms with Crippen LogP contribution in [-0.4, -0.2) is 24.1 Å². The molecule has 1 aliphatic rings. The predicted molar refractivity (Wildman–Crippen MR) is 72.9 cm³/mol. The number of nitrogens with zero attached hydrogens (tertiary/aromatic N) is 2. The van der Waals surface area contributed by atoms with Crippen molar-refractivity contribution in [3.05, 3.63) is 23.9 Å². The van der Waals surface area contributed by atoms with Gasteiger partial charge in [0.2, 0.25) is 0 Å². The quantitative estimate of drug-likeness (QED) is 0.845. The molecule has 1 saturated heterocycles. The largest absolute Gasteiger partial charge is 0.356 e. The molecular formula is C11H19Cl2N3. The van der Waals surface area contributed by atoms with E-state index in [0.29, 0.717) is 6.04 Å². The average molecular weight is 264 g/mol. The topological polar surface area (TPSA) is 42.1 Å². The molecule has 0 aliphatic carbocycles. The lowest BCUT2D eigenvalue weighted by Crippen LogP contribution is -2.40. The van der Waals surface area contributed by atoms with E-state index in [9.17, 15) is 0 Å². The minimum atomic E-state index is 0. The fourth-order valence-electron chi connectivity index (χ4n) is 1.83. The lowest BCUT2D eigenvalue weighted by Gasteiger charge is -2.31. The Balaban J connectivity index is 0.00000112. The maximum atomic E-state index is 5.86. The van der Waals surface area contributed by atoms with E-state index >= 15 is 0 Å². The van der Waals surface area contributed by atoms with Crippen LogP contribution in [0.3, 0.4) is 0 Å². The van der Waals surface area contributed by atoms with E-state index in [2.05, 4.69) is 22.0 Å². The third-order valence-electron chi connectivity index (χ3n) is 2.74. The molecule has 1 aliphatic heterocycles. The summed E-state index contributed by atoms with van der Waals surface area (Å²) < 4.78 is 0. The average Bonchev–Trinajstić information content (AvgIpc) is 2.19. The molecule has 3 nitrogen and oxygen atoms in total. The van der Waals surface area contributed by atoms with Crippen molar-refractivity contribution >= 4 is 30.6 Å². The number of piperidine rings is 1. The zero-order valence-electron chi connectivity index (χ0n) is 9.43. The lowest BCUT2D eigenvalue weighted by atomic mass is 10.1. The summed E-state index contributed by atoms with van der Waals surface area (Å²) in [6.07, 6.45) is 2.16. The molecule has 2 heterocycles. The molecule has 1 aromatic rings. The van der Waals surface area contributed by atoms with Gasteiger partial charge in [-0.15, -0.1) is 24.8 Å². The Morgan fingerprint density at radius 2 is 1.88 bits per heavy atom. The molecule has 0 atom stereocenters. The van der Waals surface area contributed by atoms with E-state index in [-0.39, 0.29) is 24.8 Å². The van der Waals surface area contributed by atoms with E-state index in [4.69, 9.17) is 5.73 Å². The van der Waals surface area contributed by atoms with Crippen LogP contribution < -0.4 is 10.6 Å². The van der Waals surface area contributed by atoms with E-state index in [1.807, 2.05) is 13.0 Å². The van der Waals surface area contributed by atoms with Crippen molar-refractivity contribution in [2.45, 2.75) is 25.8 Å². The highest BCUT2D eigenvalue weighted by Crippen LogP contribution is 2.16. The van der Waals surface area contributed by atoms with Gasteiger partial charge in [-0.25, -0.2) is 4.98 Å². The zero-order chi connectivity index (χ0) is 9.97. The highest BCUT2D eigenvalue weighted by molar-refractivity contribution is 5.85. The van der Waals surface area contributed by atoms with Crippen LogP contribution in [0.4, 0.5) is 5.82 Å². The van der Waals surface area contributed by atoms with Gasteiger partial charge in [0.05, 0.1) is 0 Å². The second-order valence-electron chi connectivity index (χ2n) is 3.96. The summed E-state index contributed by atoms with van der Waals surface area (Å²) in [7, 11) is 0. The Morgan fingerprint density at radius 1 is 1.25 bits per heavy atom. The van der Waals surface area contributed by atoms with Crippen LogP contribution in [0.5, 0.6) is 0 Å². The van der Waals surface area contributed by atoms with E-state index in [1.165, 1.54) is 0 Å². The van der Waals surface area contributed by atoms with Crippen LogP contribution in [0, 0.1) is 6.92 Å². The highest BCUT2D eigenvalue weighted by atomic mass is 35.5. The summed E-state index contributed by atoms with van der Waals surface area (Å²) in [4.78, 5) is 6.82. The Kier molecular flexibility index (Phi) is 6.72. The van der Waals surface area contributed by atoms with Crippen LogP contribution in [0.25, 0.3) is 0 Å². The molecule has 1 aromatic heterocycles. The predicted octanol–water partition coefficient (Wildman–Crippen LogP) is 2.16. The van der Waals surface area contributed by atoms with Gasteiger partial charge in [-0.2, -0.15) is 0 Å². The summed E-state index contributed by atoms with van der Waals surface area (Å²) in [5, 5.41) is 0. The maximum absolute atomic E-state index is 5.86. The number of halogens is 2. The van der Waals surface area contributed by atoms with Gasteiger partial charge in [-0.05, 0) is 31.9 Å². The maximum Gasteiger partial charge on any atom is 0.128 e. The summed E-state index contributed by atoms with van der Waals surface area (Å²) >= 11 is 0. The lowest BCUT2D eigenvalue weighted by molar-refractivity contribution is 0.498. The zero-order valence-corrected chi connectivity index (χ0v) is 11.1. The van der Waals surface area contributed by atoms with Crippen LogP contribution in [0.1, 0.15) is 18.5 Å². The van der Waals surface area contributed by atoms with Crippen molar-refractivity contribution in [1.82, 2.24) is 4.98 Å². The van der Waals surface area contributed by atoms with E-state index < -0.39 is 0 Å². The molecular weight excluding hydrogens is 245 g/mol. The number of nitrogens with two attached hydrogens (primary N) is 1. The van der Waals surface area contributed by atoms with Crippen LogP contribution in [0.2, 0.25) is 0 Å². The molecule has 92 valence electrons. The van der Waals surface area contributed by atoms with Crippen LogP contribution >= 0.6 is 24.8 Å². The number of anilines is 1. The normalized spacial score (nSPS) is 16.2. The molecule has 0 spiro atoms. The molecule has 16 heavy (non-hydrogen) atoms. The second-order valence-corrected chi connectivity index (χ2v) is 3.96. The molecule has 0 bridgehead atoms. The van der Waals surface area contributed by atoms with Gasteiger partial charge < -0.3 is 10.6 Å². The first kappa shape index (κ1) is 15.5. The van der Waals surface area contributed by atoms with Gasteiger partial charge in [0, 0.05) is 24.8 Å². The van der Waals surface area contributed by atoms with E-state index in [0.717, 1.165) is 37.4 Å². The SMILES string of the molecule is Cc1cccc(N2CCC(N)CC2)n1.Cl.Cl. The Labute approximate surface area is 109 Å². The van der Waals surface area contributed by atoms with Gasteiger partial charge in [0.15, 0.2) is 0 Å². The minimum Gasteiger partial charge on any atom is -0.356 e. The third-order valence-corrected chi connectivity index (χ3v) is 2.74. The molecule has 1 fully saturated rings. The standard InChI is InChI=1S/C11H17N3.2ClH/c1-9-3-2-4-11(13-9)14-7-5-10(12)6-8-14;;/h2-4,10H,5-8,12H2,1H3;2*1H. The monoisotopic (exact) mass is 263 g/mol. The van der Waals surface area contributed by atoms with Crippen molar-refractivity contribution in [1.29, 1.82) is 0 Å². The molecule has 5 heteroatoms. The van der Waals surface area contributed by atoms with Crippen molar-refractivity contribution in [3.63, 3.8) is 0 Å². The Morgan fingerprint density at radius 3 is 2.44 bits per heavy atom. The molecule has 0 amide bonds. The molecule has 2 rings (SSSR count). The van der Waals surface area contributed by atoms with Crippen molar-refractivity contribution in [2.75, 3.05) is 18.0 Å². The molecule has 0 unspecified atom stereocenters. The first-order chi connectivity index (χ1) is 6.75. The minimum absolute atomic E-state index is 0. The molecule has 0 aromatic carbocycles. The van der Waals surface area contributed by atoms with Crippen LogP contribution in [0.15, 0.2) is 18.2 Å². The van der Waals surface area contributed by atoms with Gasteiger partial charge in [0.1, 0.15) is 5.82 Å². The first-order valence-electron chi connectivity index (χ1n) is 5.20. The number of rotatable bonds is 1. The summed E-state index contributed by atoms with van der Waals surface area (Å²) in [6.45, 7) is 4.11. The summed E-state index contributed by atoms with van der Waals surface area (Å²) in [5.74, 6) is 1.09. The van der Waals surface area contributed by atoms with E-state index in [1.54, 1.807) is 0 Å². The molecule has 0 saturated carbocycles. The summed E-state index contributed by atoms with van der Waals surface area (Å²) in [5.41, 5.74) is 6.94. The summed E-state index contributed by atoms with van der Waals surface area (Å²) in [6, 6.07) is 6.55. The first-order valence-corrected chi connectivity index (χ1v) is 5.20. The molecule has 2 N–H and O–H groups in total. The van der Waals surface area contributed by atoms with Gasteiger partial charge in [0.25, 0.3) is 0 Å². The van der Waals surface area contributed by atoms with Crippen molar-refractivity contribution in [3.8, 4) is 0 Å². The Hall–Kier alpha value is -0.510. The highest BCUT2D eigenvalue weighted by Gasteiger charge is 2.16. The number of pyridine rings is 1. The van der Waals surface area contributed by atoms with Crippen molar-refractivity contribution in [2.24, 2.45) is 5.73 Å². The van der Waals surface area contributed by atoms with Gasteiger partial charge >= 0.3 is 0 Å². The van der Waals surface area contributed by atoms with Crippen LogP contribution in [-0.2, 0) is 0 Å². The second kappa shape index (κ2) is 6.94. The fourth-order valence-corrected chi connectivity index (χ4v) is 1.83. The molecule has 0 radical (unpaired) electrons. The van der Waals surface area contributed by atoms with Crippen molar-refractivity contribution < 1.29 is 0 Å². The Bertz CT molecular complexity index is 312. The number of aryl methyl sites for hydroxylation is 1. The number of hydrogen-bond acceptors (Lipinski definition) is 3. The fraction of sp³-hybridized carbons (Fsp3) is 0.545. The number of hydrogen-bond donors (Lipinski definition) is 1. The smallest absolute Gasteiger partial charge is 0.128 e. The number of aromatic nitrogens is 1.